The first-order valence-corrected chi connectivity index (χ1v) is 7.96. The molecule has 21 heavy (non-hydrogen) atoms. The summed E-state index contributed by atoms with van der Waals surface area (Å²) in [6, 6.07) is 5.94. The summed E-state index contributed by atoms with van der Waals surface area (Å²) in [7, 11) is 0. The molecule has 0 saturated carbocycles. The lowest BCUT2D eigenvalue weighted by Gasteiger charge is -2.07. The second-order valence-corrected chi connectivity index (χ2v) is 6.54. The number of hydrogen-bond acceptors (Lipinski definition) is 4. The van der Waals surface area contributed by atoms with Gasteiger partial charge in [0.05, 0.1) is 12.3 Å². The van der Waals surface area contributed by atoms with Gasteiger partial charge in [0.25, 0.3) is 5.91 Å². The van der Waals surface area contributed by atoms with E-state index in [0.29, 0.717) is 36.2 Å². The molecule has 4 nitrogen and oxygen atoms in total. The third-order valence-corrected chi connectivity index (χ3v) is 4.50. The van der Waals surface area contributed by atoms with E-state index in [2.05, 4.69) is 19.2 Å². The number of nitrogen functional groups attached to an aromatic ring is 1. The second-order valence-electron chi connectivity index (χ2n) is 5.52. The maximum Gasteiger partial charge on any atom is 0.263 e. The largest absolute Gasteiger partial charge is 0.397 e. The van der Waals surface area contributed by atoms with Gasteiger partial charge in [0.2, 0.25) is 0 Å². The van der Waals surface area contributed by atoms with Crippen LogP contribution in [0.2, 0.25) is 0 Å². The summed E-state index contributed by atoms with van der Waals surface area (Å²) in [5.74, 6) is 0.378. The van der Waals surface area contributed by atoms with E-state index in [1.165, 1.54) is 11.3 Å². The first-order chi connectivity index (χ1) is 10.0. The highest BCUT2D eigenvalue weighted by molar-refractivity contribution is 7.21. The molecule has 0 aliphatic carbocycles. The molecule has 0 aliphatic heterocycles. The minimum Gasteiger partial charge on any atom is -0.397 e. The number of amides is 1. The van der Waals surface area contributed by atoms with Crippen LogP contribution in [-0.4, -0.2) is 25.7 Å². The number of anilines is 1. The zero-order valence-electron chi connectivity index (χ0n) is 12.7. The van der Waals surface area contributed by atoms with Crippen LogP contribution < -0.4 is 11.1 Å². The number of carbonyl (C=O) groups excluding carboxylic acids is 1. The van der Waals surface area contributed by atoms with E-state index in [4.69, 9.17) is 10.5 Å². The molecule has 3 N–H and O–H groups in total. The van der Waals surface area contributed by atoms with Gasteiger partial charge in [-0.25, -0.2) is 0 Å². The Labute approximate surface area is 129 Å². The Balaban J connectivity index is 2.00. The van der Waals surface area contributed by atoms with E-state index in [1.807, 2.05) is 25.1 Å². The molecule has 0 fully saturated rings. The van der Waals surface area contributed by atoms with Crippen molar-refractivity contribution in [2.45, 2.75) is 20.8 Å². The zero-order valence-corrected chi connectivity index (χ0v) is 13.5. The Kier molecular flexibility index (Phi) is 5.20. The molecule has 0 spiro atoms. The molecular weight excluding hydrogens is 284 g/mol. The molecule has 5 heteroatoms. The fourth-order valence-corrected chi connectivity index (χ4v) is 3.19. The van der Waals surface area contributed by atoms with Crippen molar-refractivity contribution in [1.29, 1.82) is 0 Å². The smallest absolute Gasteiger partial charge is 0.263 e. The topological polar surface area (TPSA) is 64.4 Å². The average molecular weight is 306 g/mol. The Morgan fingerprint density at radius 2 is 2.19 bits per heavy atom. The predicted molar refractivity (Wildman–Crippen MR) is 89.0 cm³/mol. The van der Waals surface area contributed by atoms with Crippen molar-refractivity contribution in [3.8, 4) is 0 Å². The van der Waals surface area contributed by atoms with E-state index in [9.17, 15) is 4.79 Å². The first kappa shape index (κ1) is 15.8. The molecule has 0 bridgehead atoms. The summed E-state index contributed by atoms with van der Waals surface area (Å²) < 4.78 is 6.53. The number of ether oxygens (including phenoxy) is 1. The molecule has 0 saturated heterocycles. The highest BCUT2D eigenvalue weighted by Gasteiger charge is 2.16. The maximum atomic E-state index is 12.2. The van der Waals surface area contributed by atoms with E-state index in [-0.39, 0.29) is 5.91 Å². The number of benzene rings is 1. The quantitative estimate of drug-likeness (QED) is 0.806. The highest BCUT2D eigenvalue weighted by atomic mass is 32.1. The Bertz CT molecular complexity index is 634. The van der Waals surface area contributed by atoms with Crippen molar-refractivity contribution in [2.75, 3.05) is 25.5 Å². The Hall–Kier alpha value is -1.59. The molecule has 114 valence electrons. The fraction of sp³-hybridized carbons (Fsp3) is 0.438. The van der Waals surface area contributed by atoms with Gasteiger partial charge < -0.3 is 15.8 Å². The van der Waals surface area contributed by atoms with Crippen molar-refractivity contribution in [1.82, 2.24) is 5.32 Å². The molecule has 1 aromatic heterocycles. The standard InChI is InChI=1S/C16H22N2O2S/c1-10(2)9-20-8-7-18-16(19)15-13(17)12-6-4-5-11(3)14(12)21-15/h4-6,10H,7-9,17H2,1-3H3,(H,18,19). The molecule has 1 heterocycles. The monoisotopic (exact) mass is 306 g/mol. The molecular formula is C16H22N2O2S. The van der Waals surface area contributed by atoms with E-state index in [1.54, 1.807) is 0 Å². The minimum absolute atomic E-state index is 0.124. The summed E-state index contributed by atoms with van der Waals surface area (Å²) >= 11 is 1.45. The number of nitrogens with one attached hydrogen (secondary N) is 1. The van der Waals surface area contributed by atoms with E-state index in [0.717, 1.165) is 15.6 Å². The lowest BCUT2D eigenvalue weighted by Crippen LogP contribution is -2.27. The van der Waals surface area contributed by atoms with Crippen molar-refractivity contribution in [2.24, 2.45) is 5.92 Å². The average Bonchev–Trinajstić information content (AvgIpc) is 2.77. The van der Waals surface area contributed by atoms with Gasteiger partial charge in [0.15, 0.2) is 0 Å². The van der Waals surface area contributed by atoms with Gasteiger partial charge in [-0.15, -0.1) is 11.3 Å². The number of hydrogen-bond donors (Lipinski definition) is 2. The lowest BCUT2D eigenvalue weighted by molar-refractivity contribution is 0.0890. The van der Waals surface area contributed by atoms with Crippen LogP contribution in [0.25, 0.3) is 10.1 Å². The molecule has 0 unspecified atom stereocenters. The maximum absolute atomic E-state index is 12.2. The van der Waals surface area contributed by atoms with E-state index < -0.39 is 0 Å². The molecule has 1 aromatic carbocycles. The van der Waals surface area contributed by atoms with Crippen LogP contribution in [0, 0.1) is 12.8 Å². The highest BCUT2D eigenvalue weighted by Crippen LogP contribution is 2.35. The third kappa shape index (κ3) is 3.74. The summed E-state index contributed by atoms with van der Waals surface area (Å²) in [6.07, 6.45) is 0. The van der Waals surface area contributed by atoms with Crippen LogP contribution in [0.3, 0.4) is 0 Å². The summed E-state index contributed by atoms with van der Waals surface area (Å²) in [6.45, 7) is 7.95. The molecule has 1 amide bonds. The number of nitrogens with two attached hydrogens (primary N) is 1. The van der Waals surface area contributed by atoms with Gasteiger partial charge in [-0.2, -0.15) is 0 Å². The summed E-state index contributed by atoms with van der Waals surface area (Å²) in [4.78, 5) is 12.8. The van der Waals surface area contributed by atoms with Crippen LogP contribution in [-0.2, 0) is 4.74 Å². The SMILES string of the molecule is Cc1cccc2c(N)c(C(=O)NCCOCC(C)C)sc12. The van der Waals surface area contributed by atoms with Gasteiger partial charge in [0, 0.05) is 23.2 Å². The van der Waals surface area contributed by atoms with Crippen LogP contribution in [0.4, 0.5) is 5.69 Å². The lowest BCUT2D eigenvalue weighted by atomic mass is 10.1. The molecule has 0 aliphatic rings. The number of rotatable bonds is 6. The van der Waals surface area contributed by atoms with Crippen LogP contribution in [0.15, 0.2) is 18.2 Å². The molecule has 0 atom stereocenters. The Morgan fingerprint density at radius 1 is 1.43 bits per heavy atom. The molecule has 2 aromatic rings. The Morgan fingerprint density at radius 3 is 2.86 bits per heavy atom. The van der Waals surface area contributed by atoms with Crippen molar-refractivity contribution in [3.63, 3.8) is 0 Å². The van der Waals surface area contributed by atoms with Crippen LogP contribution >= 0.6 is 11.3 Å². The van der Waals surface area contributed by atoms with Crippen LogP contribution in [0.5, 0.6) is 0 Å². The van der Waals surface area contributed by atoms with E-state index >= 15 is 0 Å². The third-order valence-electron chi connectivity index (χ3n) is 3.14. The molecule has 0 radical (unpaired) electrons. The van der Waals surface area contributed by atoms with Crippen molar-refractivity contribution >= 4 is 33.0 Å². The van der Waals surface area contributed by atoms with Gasteiger partial charge in [0.1, 0.15) is 4.88 Å². The summed E-state index contributed by atoms with van der Waals surface area (Å²) in [5, 5.41) is 3.82. The second kappa shape index (κ2) is 6.91. The van der Waals surface area contributed by atoms with Gasteiger partial charge >= 0.3 is 0 Å². The number of aryl methyl sites for hydroxylation is 1. The zero-order chi connectivity index (χ0) is 15.4. The van der Waals surface area contributed by atoms with Crippen molar-refractivity contribution < 1.29 is 9.53 Å². The van der Waals surface area contributed by atoms with Gasteiger partial charge in [-0.05, 0) is 18.4 Å². The predicted octanol–water partition coefficient (Wildman–Crippen LogP) is 3.19. The first-order valence-electron chi connectivity index (χ1n) is 7.14. The van der Waals surface area contributed by atoms with Gasteiger partial charge in [-0.3, -0.25) is 4.79 Å². The summed E-state index contributed by atoms with van der Waals surface area (Å²) in [5.41, 5.74) is 7.81. The normalized spacial score (nSPS) is 11.2. The number of carbonyl (C=O) groups is 1. The van der Waals surface area contributed by atoms with Gasteiger partial charge in [-0.1, -0.05) is 32.0 Å². The van der Waals surface area contributed by atoms with Crippen LogP contribution in [0.1, 0.15) is 29.1 Å². The van der Waals surface area contributed by atoms with Crippen molar-refractivity contribution in [3.05, 3.63) is 28.6 Å². The fourth-order valence-electron chi connectivity index (χ4n) is 2.08. The number of thiophene rings is 1. The number of fused-ring (bicyclic) bond motifs is 1. The minimum atomic E-state index is -0.124. The molecule has 2 rings (SSSR count).